The number of nitrogens with zero attached hydrogens (tertiary/aromatic N) is 2. The molecule has 0 saturated carbocycles. The molecule has 1 aliphatic rings. The molecule has 1 N–H and O–H groups in total. The highest BCUT2D eigenvalue weighted by atomic mass is 16.5. The summed E-state index contributed by atoms with van der Waals surface area (Å²) in [6.07, 6.45) is 3.19. The molecular weight excluding hydrogens is 418 g/mol. The number of benzene rings is 3. The minimum Gasteiger partial charge on any atom is -0.451 e. The molecule has 0 saturated heterocycles. The Morgan fingerprint density at radius 1 is 0.909 bits per heavy atom. The van der Waals surface area contributed by atoms with E-state index in [1.807, 2.05) is 24.3 Å². The normalized spacial score (nSPS) is 12.4. The average Bonchev–Trinajstić information content (AvgIpc) is 3.31. The molecule has 0 fully saturated rings. The third-order valence-electron chi connectivity index (χ3n) is 5.72. The van der Waals surface area contributed by atoms with Crippen LogP contribution in [0.25, 0.3) is 16.5 Å². The van der Waals surface area contributed by atoms with E-state index in [-0.39, 0.29) is 11.3 Å². The second-order valence-electron chi connectivity index (χ2n) is 7.91. The number of fused-ring (bicyclic) bond motifs is 2. The van der Waals surface area contributed by atoms with Crippen molar-refractivity contribution in [2.45, 2.75) is 19.3 Å². The molecule has 0 atom stereocenters. The zero-order valence-corrected chi connectivity index (χ0v) is 17.8. The van der Waals surface area contributed by atoms with Gasteiger partial charge in [0.25, 0.3) is 11.5 Å². The number of rotatable bonds is 5. The van der Waals surface area contributed by atoms with Crippen LogP contribution in [0.2, 0.25) is 0 Å². The van der Waals surface area contributed by atoms with Crippen molar-refractivity contribution in [3.05, 3.63) is 100.0 Å². The number of carbonyl (C=O) groups is 2. The molecule has 0 bridgehead atoms. The molecular formula is C26H21N3O4. The van der Waals surface area contributed by atoms with Gasteiger partial charge in [0.2, 0.25) is 0 Å². The van der Waals surface area contributed by atoms with Crippen LogP contribution < -0.4 is 10.9 Å². The lowest BCUT2D eigenvalue weighted by atomic mass is 10.1. The lowest BCUT2D eigenvalue weighted by Crippen LogP contribution is -2.26. The van der Waals surface area contributed by atoms with Crippen LogP contribution in [0, 0.1) is 0 Å². The quantitative estimate of drug-likeness (QED) is 0.479. The molecule has 164 valence electrons. The Morgan fingerprint density at radius 3 is 2.45 bits per heavy atom. The van der Waals surface area contributed by atoms with Gasteiger partial charge in [0.1, 0.15) is 0 Å². The SMILES string of the molecule is O=C(COC(=O)c1nn(-c2ccccc2)c(=O)c2ccccc12)Nc1ccc2c(c1)CCC2. The number of aryl methyl sites for hydroxylation is 2. The third kappa shape index (κ3) is 4.13. The maximum absolute atomic E-state index is 12.9. The van der Waals surface area contributed by atoms with Crippen LogP contribution in [-0.2, 0) is 22.4 Å². The standard InChI is InChI=1S/C26H21N3O4/c30-23(27-19-14-13-17-7-6-8-18(17)15-19)16-33-26(32)24-21-11-4-5-12-22(21)25(31)29(28-24)20-9-2-1-3-10-20/h1-5,9-15H,6-8,16H2,(H,27,30). The number of nitrogens with one attached hydrogen (secondary N) is 1. The lowest BCUT2D eigenvalue weighted by molar-refractivity contribution is -0.119. The molecule has 1 aromatic heterocycles. The Kier molecular flexibility index (Phi) is 5.44. The first kappa shape index (κ1) is 20.6. The molecule has 33 heavy (non-hydrogen) atoms. The fraction of sp³-hybridized carbons (Fsp3) is 0.154. The van der Waals surface area contributed by atoms with Gasteiger partial charge in [-0.25, -0.2) is 4.79 Å². The Balaban J connectivity index is 1.37. The summed E-state index contributed by atoms with van der Waals surface area (Å²) in [5.74, 6) is -1.22. The molecule has 0 unspecified atom stereocenters. The third-order valence-corrected chi connectivity index (χ3v) is 5.72. The smallest absolute Gasteiger partial charge is 0.359 e. The lowest BCUT2D eigenvalue weighted by Gasteiger charge is -2.11. The second-order valence-corrected chi connectivity index (χ2v) is 7.91. The van der Waals surface area contributed by atoms with E-state index in [1.54, 1.807) is 48.5 Å². The van der Waals surface area contributed by atoms with Crippen molar-refractivity contribution in [1.29, 1.82) is 0 Å². The van der Waals surface area contributed by atoms with Gasteiger partial charge in [0, 0.05) is 11.1 Å². The fourth-order valence-electron chi connectivity index (χ4n) is 4.13. The van der Waals surface area contributed by atoms with Gasteiger partial charge in [-0.05, 0) is 60.7 Å². The van der Waals surface area contributed by atoms with Crippen LogP contribution in [0.15, 0.2) is 77.6 Å². The Bertz CT molecular complexity index is 1430. The molecule has 5 rings (SSSR count). The van der Waals surface area contributed by atoms with Crippen LogP contribution in [0.4, 0.5) is 5.69 Å². The highest BCUT2D eigenvalue weighted by Gasteiger charge is 2.20. The molecule has 0 spiro atoms. The first-order valence-corrected chi connectivity index (χ1v) is 10.8. The first-order chi connectivity index (χ1) is 16.1. The van der Waals surface area contributed by atoms with Crippen molar-refractivity contribution in [3.63, 3.8) is 0 Å². The average molecular weight is 439 g/mol. The van der Waals surface area contributed by atoms with Gasteiger partial charge in [-0.2, -0.15) is 9.78 Å². The zero-order valence-electron chi connectivity index (χ0n) is 17.8. The Morgan fingerprint density at radius 2 is 1.64 bits per heavy atom. The Hall–Kier alpha value is -4.26. The summed E-state index contributed by atoms with van der Waals surface area (Å²) in [6, 6.07) is 21.4. The van der Waals surface area contributed by atoms with Crippen molar-refractivity contribution in [1.82, 2.24) is 9.78 Å². The van der Waals surface area contributed by atoms with E-state index >= 15 is 0 Å². The number of carbonyl (C=O) groups excluding carboxylic acids is 2. The summed E-state index contributed by atoms with van der Waals surface area (Å²) in [5, 5.41) is 7.75. The van der Waals surface area contributed by atoms with Gasteiger partial charge in [0.15, 0.2) is 12.3 Å². The van der Waals surface area contributed by atoms with E-state index in [1.165, 1.54) is 15.8 Å². The Labute approximate surface area is 189 Å². The van der Waals surface area contributed by atoms with Crippen molar-refractivity contribution in [2.75, 3.05) is 11.9 Å². The maximum atomic E-state index is 12.9. The molecule has 7 heteroatoms. The second kappa shape index (κ2) is 8.70. The highest BCUT2D eigenvalue weighted by Crippen LogP contribution is 2.25. The van der Waals surface area contributed by atoms with Crippen molar-refractivity contribution in [2.24, 2.45) is 0 Å². The number of aromatic nitrogens is 2. The van der Waals surface area contributed by atoms with Gasteiger partial charge in [0.05, 0.1) is 11.1 Å². The van der Waals surface area contributed by atoms with Gasteiger partial charge in [-0.1, -0.05) is 42.5 Å². The van der Waals surface area contributed by atoms with E-state index < -0.39 is 18.5 Å². The number of hydrogen-bond acceptors (Lipinski definition) is 5. The zero-order chi connectivity index (χ0) is 22.8. The largest absolute Gasteiger partial charge is 0.451 e. The number of ether oxygens (including phenoxy) is 1. The van der Waals surface area contributed by atoms with Gasteiger partial charge >= 0.3 is 5.97 Å². The first-order valence-electron chi connectivity index (χ1n) is 10.8. The number of para-hydroxylation sites is 1. The predicted molar refractivity (Wildman–Crippen MR) is 125 cm³/mol. The topological polar surface area (TPSA) is 90.3 Å². The minimum absolute atomic E-state index is 0.0283. The van der Waals surface area contributed by atoms with Gasteiger partial charge in [-0.15, -0.1) is 0 Å². The number of anilines is 1. The summed E-state index contributed by atoms with van der Waals surface area (Å²) >= 11 is 0. The molecule has 0 radical (unpaired) electrons. The van der Waals surface area contributed by atoms with E-state index in [9.17, 15) is 14.4 Å². The molecule has 4 aromatic rings. The van der Waals surface area contributed by atoms with Crippen LogP contribution in [0.5, 0.6) is 0 Å². The van der Waals surface area contributed by atoms with Crippen molar-refractivity contribution in [3.8, 4) is 5.69 Å². The summed E-state index contributed by atoms with van der Waals surface area (Å²) in [4.78, 5) is 38.2. The fourth-order valence-corrected chi connectivity index (χ4v) is 4.13. The summed E-state index contributed by atoms with van der Waals surface area (Å²) in [7, 11) is 0. The van der Waals surface area contributed by atoms with Crippen LogP contribution >= 0.6 is 0 Å². The molecule has 1 amide bonds. The highest BCUT2D eigenvalue weighted by molar-refractivity contribution is 6.03. The maximum Gasteiger partial charge on any atom is 0.359 e. The van der Waals surface area contributed by atoms with Crippen LogP contribution in [0.3, 0.4) is 0 Å². The minimum atomic E-state index is -0.778. The number of hydrogen-bond donors (Lipinski definition) is 1. The van der Waals surface area contributed by atoms with E-state index in [4.69, 9.17) is 4.74 Å². The van der Waals surface area contributed by atoms with Crippen molar-refractivity contribution >= 4 is 28.3 Å². The van der Waals surface area contributed by atoms with Crippen molar-refractivity contribution < 1.29 is 14.3 Å². The van der Waals surface area contributed by atoms with Gasteiger partial charge < -0.3 is 10.1 Å². The van der Waals surface area contributed by atoms with Crippen LogP contribution in [-0.4, -0.2) is 28.3 Å². The summed E-state index contributed by atoms with van der Waals surface area (Å²) < 4.78 is 6.43. The van der Waals surface area contributed by atoms with Crippen LogP contribution in [0.1, 0.15) is 28.0 Å². The summed E-state index contributed by atoms with van der Waals surface area (Å²) in [5.41, 5.74) is 3.38. The monoisotopic (exact) mass is 439 g/mol. The van der Waals surface area contributed by atoms with E-state index in [2.05, 4.69) is 10.4 Å². The molecule has 3 aromatic carbocycles. The number of esters is 1. The predicted octanol–water partition coefficient (Wildman–Crippen LogP) is 3.67. The molecule has 0 aliphatic heterocycles. The molecule has 1 aliphatic carbocycles. The van der Waals surface area contributed by atoms with Gasteiger partial charge in [-0.3, -0.25) is 9.59 Å². The molecule has 1 heterocycles. The van der Waals surface area contributed by atoms with E-state index in [0.717, 1.165) is 19.3 Å². The summed E-state index contributed by atoms with van der Waals surface area (Å²) in [6.45, 7) is -0.462. The molecule has 7 nitrogen and oxygen atoms in total. The van der Waals surface area contributed by atoms with E-state index in [0.29, 0.717) is 22.1 Å². The number of amides is 1.